The molecule has 0 aromatic carbocycles. The number of rotatable bonds is 0. The summed E-state index contributed by atoms with van der Waals surface area (Å²) in [7, 11) is 2.12. The Kier molecular flexibility index (Phi) is 2.96. The van der Waals surface area contributed by atoms with Gasteiger partial charge in [0.1, 0.15) is 0 Å². The quantitative estimate of drug-likeness (QED) is 0.511. The van der Waals surface area contributed by atoms with Gasteiger partial charge < -0.3 is 4.90 Å². The van der Waals surface area contributed by atoms with Crippen molar-refractivity contribution in [3.8, 4) is 0 Å². The first-order valence-electron chi connectivity index (χ1n) is 4.02. The third-order valence-electron chi connectivity index (χ3n) is 1.93. The molecule has 0 saturated heterocycles. The summed E-state index contributed by atoms with van der Waals surface area (Å²) in [6.07, 6.45) is 11.7. The van der Waals surface area contributed by atoms with Crippen molar-refractivity contribution >= 4 is 0 Å². The summed E-state index contributed by atoms with van der Waals surface area (Å²) in [5, 5.41) is 0. The van der Waals surface area contributed by atoms with Crippen LogP contribution in [0.25, 0.3) is 0 Å². The fourth-order valence-corrected chi connectivity index (χ4v) is 1.01. The lowest BCUT2D eigenvalue weighted by Crippen LogP contribution is -2.16. The Morgan fingerprint density at radius 2 is 2.09 bits per heavy atom. The Morgan fingerprint density at radius 3 is 2.91 bits per heavy atom. The molecule has 1 aliphatic heterocycles. The van der Waals surface area contributed by atoms with Crippen LogP contribution in [0.4, 0.5) is 0 Å². The van der Waals surface area contributed by atoms with Crippen LogP contribution in [0.15, 0.2) is 36.1 Å². The van der Waals surface area contributed by atoms with Crippen molar-refractivity contribution in [3.05, 3.63) is 36.1 Å². The Bertz CT molecular complexity index is 199. The molecule has 0 unspecified atom stereocenters. The van der Waals surface area contributed by atoms with Crippen molar-refractivity contribution in [3.63, 3.8) is 0 Å². The van der Waals surface area contributed by atoms with Crippen LogP contribution >= 0.6 is 0 Å². The third kappa shape index (κ3) is 2.62. The van der Waals surface area contributed by atoms with Crippen LogP contribution in [-0.2, 0) is 0 Å². The molecule has 1 rings (SSSR count). The van der Waals surface area contributed by atoms with E-state index in [1.807, 2.05) is 0 Å². The van der Waals surface area contributed by atoms with Crippen LogP contribution in [0.3, 0.4) is 0 Å². The zero-order chi connectivity index (χ0) is 8.10. The first kappa shape index (κ1) is 8.12. The summed E-state index contributed by atoms with van der Waals surface area (Å²) in [5.41, 5.74) is 1.32. The Morgan fingerprint density at radius 1 is 1.27 bits per heavy atom. The summed E-state index contributed by atoms with van der Waals surface area (Å²) in [6, 6.07) is 0. The highest BCUT2D eigenvalue weighted by atomic mass is 15.1. The maximum Gasteiger partial charge on any atom is 0.0206 e. The normalized spacial score (nSPS) is 29.3. The second kappa shape index (κ2) is 4.02. The fourth-order valence-electron chi connectivity index (χ4n) is 1.01. The van der Waals surface area contributed by atoms with Gasteiger partial charge in [0.15, 0.2) is 0 Å². The third-order valence-corrected chi connectivity index (χ3v) is 1.93. The lowest BCUT2D eigenvalue weighted by atomic mass is 10.3. The minimum Gasteiger partial charge on any atom is -0.378 e. The first-order valence-corrected chi connectivity index (χ1v) is 4.02. The van der Waals surface area contributed by atoms with Crippen LogP contribution in [0.2, 0.25) is 0 Å². The van der Waals surface area contributed by atoms with Crippen LogP contribution in [0, 0.1) is 0 Å². The number of allylic oxidation sites excluding steroid dienone is 5. The smallest absolute Gasteiger partial charge is 0.0206 e. The predicted molar refractivity (Wildman–Crippen MR) is 49.3 cm³/mol. The standard InChI is InChI=1S/C10H15N/c1-10-8-6-4-3-5-7-9-11(10)2/h3-6,8H,7,9H2,1-2H3/b5-3+,6-4-,10-8+. The van der Waals surface area contributed by atoms with Gasteiger partial charge in [-0.15, -0.1) is 0 Å². The molecule has 1 aliphatic rings. The van der Waals surface area contributed by atoms with Crippen molar-refractivity contribution in [2.45, 2.75) is 13.3 Å². The van der Waals surface area contributed by atoms with E-state index in [-0.39, 0.29) is 0 Å². The predicted octanol–water partition coefficient (Wildman–Crippen LogP) is 2.34. The van der Waals surface area contributed by atoms with Gasteiger partial charge >= 0.3 is 0 Å². The van der Waals surface area contributed by atoms with E-state index >= 15 is 0 Å². The molecular formula is C10H15N. The summed E-state index contributed by atoms with van der Waals surface area (Å²) in [4.78, 5) is 2.26. The van der Waals surface area contributed by atoms with Crippen molar-refractivity contribution in [2.75, 3.05) is 13.6 Å². The molecule has 0 spiro atoms. The molecule has 0 aromatic heterocycles. The molecule has 11 heavy (non-hydrogen) atoms. The van der Waals surface area contributed by atoms with E-state index in [4.69, 9.17) is 0 Å². The van der Waals surface area contributed by atoms with Crippen molar-refractivity contribution in [1.82, 2.24) is 4.90 Å². The van der Waals surface area contributed by atoms with Gasteiger partial charge in [-0.05, 0) is 19.4 Å². The summed E-state index contributed by atoms with van der Waals surface area (Å²) >= 11 is 0. The van der Waals surface area contributed by atoms with Crippen molar-refractivity contribution < 1.29 is 0 Å². The van der Waals surface area contributed by atoms with E-state index < -0.39 is 0 Å². The molecule has 1 heteroatoms. The van der Waals surface area contributed by atoms with Crippen LogP contribution in [0.1, 0.15) is 13.3 Å². The molecule has 0 aromatic rings. The molecule has 0 N–H and O–H groups in total. The number of hydrogen-bond donors (Lipinski definition) is 0. The Balaban J connectivity index is 2.69. The number of nitrogens with zero attached hydrogens (tertiary/aromatic N) is 1. The highest BCUT2D eigenvalue weighted by molar-refractivity contribution is 5.16. The van der Waals surface area contributed by atoms with Gasteiger partial charge in [0.25, 0.3) is 0 Å². The second-order valence-corrected chi connectivity index (χ2v) is 2.83. The molecule has 1 heterocycles. The zero-order valence-electron chi connectivity index (χ0n) is 7.25. The first-order chi connectivity index (χ1) is 5.30. The molecule has 0 atom stereocenters. The highest BCUT2D eigenvalue weighted by Gasteiger charge is 1.95. The molecule has 0 fully saturated rings. The second-order valence-electron chi connectivity index (χ2n) is 2.83. The topological polar surface area (TPSA) is 3.24 Å². The molecule has 60 valence electrons. The zero-order valence-corrected chi connectivity index (χ0v) is 7.25. The average molecular weight is 149 g/mol. The van der Waals surface area contributed by atoms with Crippen molar-refractivity contribution in [1.29, 1.82) is 0 Å². The molecule has 0 radical (unpaired) electrons. The lowest BCUT2D eigenvalue weighted by Gasteiger charge is -2.17. The van der Waals surface area contributed by atoms with Gasteiger partial charge in [0.2, 0.25) is 0 Å². The van der Waals surface area contributed by atoms with Gasteiger partial charge in [-0.25, -0.2) is 0 Å². The molecule has 0 saturated carbocycles. The Hall–Kier alpha value is -0.980. The fraction of sp³-hybridized carbons (Fsp3) is 0.400. The van der Waals surface area contributed by atoms with Crippen LogP contribution < -0.4 is 0 Å². The monoisotopic (exact) mass is 149 g/mol. The molecule has 0 aliphatic carbocycles. The molecule has 0 bridgehead atoms. The van der Waals surface area contributed by atoms with E-state index in [9.17, 15) is 0 Å². The lowest BCUT2D eigenvalue weighted by molar-refractivity contribution is 0.427. The molecule has 0 amide bonds. The highest BCUT2D eigenvalue weighted by Crippen LogP contribution is 2.03. The van der Waals surface area contributed by atoms with E-state index in [0.29, 0.717) is 0 Å². The largest absolute Gasteiger partial charge is 0.378 e. The van der Waals surface area contributed by atoms with E-state index in [1.165, 1.54) is 5.70 Å². The summed E-state index contributed by atoms with van der Waals surface area (Å²) < 4.78 is 0. The van der Waals surface area contributed by atoms with Crippen LogP contribution in [0.5, 0.6) is 0 Å². The minimum atomic E-state index is 1.11. The molecule has 1 nitrogen and oxygen atoms in total. The Labute approximate surface area is 68.7 Å². The maximum absolute atomic E-state index is 2.26. The van der Waals surface area contributed by atoms with Crippen LogP contribution in [-0.4, -0.2) is 18.5 Å². The van der Waals surface area contributed by atoms with Crippen molar-refractivity contribution in [2.24, 2.45) is 0 Å². The van der Waals surface area contributed by atoms with Gasteiger partial charge in [-0.2, -0.15) is 0 Å². The van der Waals surface area contributed by atoms with Gasteiger partial charge in [-0.1, -0.05) is 24.3 Å². The van der Waals surface area contributed by atoms with Gasteiger partial charge in [0.05, 0.1) is 0 Å². The van der Waals surface area contributed by atoms with Gasteiger partial charge in [-0.3, -0.25) is 0 Å². The summed E-state index contributed by atoms with van der Waals surface area (Å²) in [6.45, 7) is 3.25. The SMILES string of the molecule is C\C1=C/C=C\C=C\CCN1C. The maximum atomic E-state index is 2.26. The number of hydrogen-bond acceptors (Lipinski definition) is 1. The molecular weight excluding hydrogens is 134 g/mol. The average Bonchev–Trinajstić information content (AvgIpc) is 2.07. The van der Waals surface area contributed by atoms with E-state index in [2.05, 4.69) is 49.3 Å². The summed E-state index contributed by atoms with van der Waals surface area (Å²) in [5.74, 6) is 0. The van der Waals surface area contributed by atoms with Gasteiger partial charge in [0, 0.05) is 19.3 Å². The minimum absolute atomic E-state index is 1.11. The van der Waals surface area contributed by atoms with E-state index in [1.54, 1.807) is 0 Å². The van der Waals surface area contributed by atoms with E-state index in [0.717, 1.165) is 13.0 Å².